The number of nitrogens with two attached hydrogens (primary N) is 1. The second-order valence-corrected chi connectivity index (χ2v) is 5.46. The quantitative estimate of drug-likeness (QED) is 0.750. The van der Waals surface area contributed by atoms with Crippen LogP contribution in [-0.4, -0.2) is 21.1 Å². The predicted octanol–water partition coefficient (Wildman–Crippen LogP) is 3.04. The summed E-state index contributed by atoms with van der Waals surface area (Å²) in [4.78, 5) is 8.77. The van der Waals surface area contributed by atoms with Crippen molar-refractivity contribution in [2.24, 2.45) is 0 Å². The number of anilines is 1. The minimum Gasteiger partial charge on any atom is -0.493 e. The first kappa shape index (κ1) is 12.5. The predicted molar refractivity (Wildman–Crippen MR) is 81.6 cm³/mol. The van der Waals surface area contributed by atoms with E-state index in [1.807, 2.05) is 22.8 Å². The maximum atomic E-state index is 6.12. The van der Waals surface area contributed by atoms with Gasteiger partial charge in [0.1, 0.15) is 11.3 Å². The Hall–Kier alpha value is -2.27. The fourth-order valence-corrected chi connectivity index (χ4v) is 3.03. The van der Waals surface area contributed by atoms with Gasteiger partial charge in [0.05, 0.1) is 17.7 Å². The second-order valence-electron chi connectivity index (χ2n) is 5.03. The average Bonchev–Trinajstić information content (AvgIpc) is 2.81. The number of imidazole rings is 1. The number of hydrogen-bond donors (Lipinski definition) is 1. The zero-order valence-electron chi connectivity index (χ0n) is 11.2. The van der Waals surface area contributed by atoms with Crippen LogP contribution in [-0.2, 0) is 0 Å². The van der Waals surface area contributed by atoms with E-state index in [0.717, 1.165) is 23.4 Å². The summed E-state index contributed by atoms with van der Waals surface area (Å²) in [5, 5.41) is 0.555. The van der Waals surface area contributed by atoms with Crippen LogP contribution in [0.5, 0.6) is 5.75 Å². The lowest BCUT2D eigenvalue weighted by Gasteiger charge is -2.27. The number of nitrogen functional groups attached to an aromatic ring is 1. The molecule has 106 valence electrons. The summed E-state index contributed by atoms with van der Waals surface area (Å²) in [6.45, 7) is 0.647. The van der Waals surface area contributed by atoms with E-state index in [9.17, 15) is 0 Å². The average molecular weight is 301 g/mol. The molecule has 5 nitrogen and oxygen atoms in total. The molecule has 4 rings (SSSR count). The van der Waals surface area contributed by atoms with Crippen LogP contribution in [0.3, 0.4) is 0 Å². The summed E-state index contributed by atoms with van der Waals surface area (Å²) in [5.41, 5.74) is 8.68. The molecule has 2 N–H and O–H groups in total. The Kier molecular flexibility index (Phi) is 2.75. The molecule has 2 aromatic heterocycles. The molecular weight excluding hydrogens is 288 g/mol. The fraction of sp³-hybridized carbons (Fsp3) is 0.200. The van der Waals surface area contributed by atoms with Crippen LogP contribution in [0.15, 0.2) is 36.5 Å². The number of para-hydroxylation sites is 1. The van der Waals surface area contributed by atoms with Gasteiger partial charge >= 0.3 is 0 Å². The largest absolute Gasteiger partial charge is 0.493 e. The molecule has 1 aliphatic heterocycles. The first-order chi connectivity index (χ1) is 10.2. The van der Waals surface area contributed by atoms with E-state index in [1.54, 1.807) is 12.3 Å². The van der Waals surface area contributed by atoms with Crippen molar-refractivity contribution in [2.45, 2.75) is 12.5 Å². The van der Waals surface area contributed by atoms with Crippen molar-refractivity contribution in [2.75, 3.05) is 12.3 Å². The maximum Gasteiger partial charge on any atom is 0.203 e. The number of nitrogens with zero attached hydrogens (tertiary/aromatic N) is 3. The molecule has 0 aliphatic carbocycles. The molecule has 1 aliphatic rings. The van der Waals surface area contributed by atoms with Crippen molar-refractivity contribution < 1.29 is 4.74 Å². The highest BCUT2D eigenvalue weighted by molar-refractivity contribution is 6.31. The van der Waals surface area contributed by atoms with Gasteiger partial charge in [-0.05, 0) is 12.1 Å². The third-order valence-corrected chi connectivity index (χ3v) is 3.97. The molecule has 0 fully saturated rings. The lowest BCUT2D eigenvalue weighted by atomic mass is 10.0. The molecule has 1 unspecified atom stereocenters. The monoisotopic (exact) mass is 300 g/mol. The van der Waals surface area contributed by atoms with Crippen LogP contribution in [0.25, 0.3) is 11.2 Å². The third-order valence-electron chi connectivity index (χ3n) is 3.76. The highest BCUT2D eigenvalue weighted by Gasteiger charge is 2.26. The Morgan fingerprint density at radius 1 is 1.33 bits per heavy atom. The van der Waals surface area contributed by atoms with E-state index >= 15 is 0 Å². The van der Waals surface area contributed by atoms with Crippen LogP contribution in [0.1, 0.15) is 18.0 Å². The topological polar surface area (TPSA) is 66.0 Å². The maximum absolute atomic E-state index is 6.12. The van der Waals surface area contributed by atoms with Crippen molar-refractivity contribution in [3.8, 4) is 5.75 Å². The SMILES string of the molecule is Nc1nc2cc(Cl)cnc2n1C1CCOc2ccccc21. The van der Waals surface area contributed by atoms with Gasteiger partial charge in [-0.15, -0.1) is 0 Å². The molecule has 0 radical (unpaired) electrons. The molecular formula is C15H13ClN4O. The number of halogens is 1. The van der Waals surface area contributed by atoms with Crippen LogP contribution in [0.2, 0.25) is 5.02 Å². The number of ether oxygens (including phenoxy) is 1. The number of hydrogen-bond acceptors (Lipinski definition) is 4. The number of benzene rings is 1. The standard InChI is InChI=1S/C15H13ClN4O/c16-9-7-11-14(18-8-9)20(15(17)19-11)12-5-6-21-13-4-2-1-3-10(12)13/h1-4,7-8,12H,5-6H2,(H2,17,19). The van der Waals surface area contributed by atoms with Gasteiger partial charge in [-0.3, -0.25) is 4.57 Å². The van der Waals surface area contributed by atoms with Gasteiger partial charge in [0, 0.05) is 18.2 Å². The highest BCUT2D eigenvalue weighted by Crippen LogP contribution is 2.37. The van der Waals surface area contributed by atoms with Gasteiger partial charge in [0.2, 0.25) is 5.95 Å². The second kappa shape index (κ2) is 4.63. The van der Waals surface area contributed by atoms with Crippen molar-refractivity contribution in [1.82, 2.24) is 14.5 Å². The van der Waals surface area contributed by atoms with Crippen molar-refractivity contribution in [3.05, 3.63) is 47.1 Å². The number of aromatic nitrogens is 3. The van der Waals surface area contributed by atoms with Crippen molar-refractivity contribution in [1.29, 1.82) is 0 Å². The van der Waals surface area contributed by atoms with Gasteiger partial charge in [-0.25, -0.2) is 9.97 Å². The Morgan fingerprint density at radius 2 is 2.19 bits per heavy atom. The van der Waals surface area contributed by atoms with Crippen LogP contribution >= 0.6 is 11.6 Å². The lowest BCUT2D eigenvalue weighted by molar-refractivity contribution is 0.258. The van der Waals surface area contributed by atoms with Gasteiger partial charge in [-0.2, -0.15) is 0 Å². The summed E-state index contributed by atoms with van der Waals surface area (Å²) in [7, 11) is 0. The van der Waals surface area contributed by atoms with E-state index in [-0.39, 0.29) is 6.04 Å². The molecule has 0 saturated heterocycles. The molecule has 3 heterocycles. The summed E-state index contributed by atoms with van der Waals surface area (Å²) in [6.07, 6.45) is 2.45. The Labute approximate surface area is 126 Å². The van der Waals surface area contributed by atoms with Crippen LogP contribution in [0.4, 0.5) is 5.95 Å². The first-order valence-electron chi connectivity index (χ1n) is 6.75. The Morgan fingerprint density at radius 3 is 3.10 bits per heavy atom. The summed E-state index contributed by atoms with van der Waals surface area (Å²) in [6, 6.07) is 9.85. The summed E-state index contributed by atoms with van der Waals surface area (Å²) in [5.74, 6) is 1.34. The molecule has 6 heteroatoms. The van der Waals surface area contributed by atoms with Gasteiger partial charge in [0.25, 0.3) is 0 Å². The first-order valence-corrected chi connectivity index (χ1v) is 7.12. The van der Waals surface area contributed by atoms with E-state index in [1.165, 1.54) is 0 Å². The molecule has 0 saturated carbocycles. The minimum atomic E-state index is 0.0774. The van der Waals surface area contributed by atoms with E-state index < -0.39 is 0 Å². The van der Waals surface area contributed by atoms with Gasteiger partial charge in [0.15, 0.2) is 5.65 Å². The van der Waals surface area contributed by atoms with Crippen molar-refractivity contribution in [3.63, 3.8) is 0 Å². The van der Waals surface area contributed by atoms with E-state index in [4.69, 9.17) is 22.1 Å². The summed E-state index contributed by atoms with van der Waals surface area (Å²) >= 11 is 5.97. The lowest BCUT2D eigenvalue weighted by Crippen LogP contribution is -2.21. The Balaban J connectivity index is 1.94. The fourth-order valence-electron chi connectivity index (χ4n) is 2.87. The number of rotatable bonds is 1. The molecule has 1 aromatic carbocycles. The van der Waals surface area contributed by atoms with Crippen LogP contribution < -0.4 is 10.5 Å². The Bertz CT molecular complexity index is 830. The van der Waals surface area contributed by atoms with E-state index in [2.05, 4.69) is 16.0 Å². The normalized spacial score (nSPS) is 17.5. The zero-order chi connectivity index (χ0) is 14.4. The molecule has 1 atom stereocenters. The molecule has 3 aromatic rings. The molecule has 0 spiro atoms. The molecule has 21 heavy (non-hydrogen) atoms. The molecule has 0 amide bonds. The van der Waals surface area contributed by atoms with Gasteiger partial charge < -0.3 is 10.5 Å². The van der Waals surface area contributed by atoms with Crippen molar-refractivity contribution >= 4 is 28.7 Å². The van der Waals surface area contributed by atoms with E-state index in [0.29, 0.717) is 23.1 Å². The molecule has 0 bridgehead atoms. The minimum absolute atomic E-state index is 0.0774. The number of pyridine rings is 1. The van der Waals surface area contributed by atoms with Gasteiger partial charge in [-0.1, -0.05) is 29.8 Å². The third kappa shape index (κ3) is 1.93. The zero-order valence-corrected chi connectivity index (χ0v) is 11.9. The summed E-state index contributed by atoms with van der Waals surface area (Å²) < 4.78 is 7.67. The number of fused-ring (bicyclic) bond motifs is 2. The highest BCUT2D eigenvalue weighted by atomic mass is 35.5. The van der Waals surface area contributed by atoms with Crippen LogP contribution in [0, 0.1) is 0 Å². The smallest absolute Gasteiger partial charge is 0.203 e.